The number of hydrogen-bond donors (Lipinski definition) is 2. The molecule has 3 N–H and O–H groups in total. The van der Waals surface area contributed by atoms with Crippen molar-refractivity contribution in [2.24, 2.45) is 0 Å². The van der Waals surface area contributed by atoms with Crippen LogP contribution in [0.5, 0.6) is 0 Å². The van der Waals surface area contributed by atoms with Crippen LogP contribution in [0.25, 0.3) is 0 Å². The van der Waals surface area contributed by atoms with Gasteiger partial charge in [0.15, 0.2) is 0 Å². The number of anilines is 1. The SMILES string of the molecule is CCN(CCn1ccc(N)n1)CC(C)(C)O. The fraction of sp³-hybridized carbons (Fsp3) is 0.727. The summed E-state index contributed by atoms with van der Waals surface area (Å²) in [6, 6.07) is 1.78. The lowest BCUT2D eigenvalue weighted by molar-refractivity contribution is 0.0365. The lowest BCUT2D eigenvalue weighted by Crippen LogP contribution is -2.40. The molecular formula is C11H22N4O. The molecule has 92 valence electrons. The van der Waals surface area contributed by atoms with E-state index < -0.39 is 5.60 Å². The van der Waals surface area contributed by atoms with Crippen molar-refractivity contribution in [2.45, 2.75) is 32.9 Å². The van der Waals surface area contributed by atoms with Crippen LogP contribution in [-0.4, -0.2) is 45.0 Å². The number of aliphatic hydroxyl groups is 1. The van der Waals surface area contributed by atoms with E-state index in [1.54, 1.807) is 6.07 Å². The zero-order chi connectivity index (χ0) is 12.2. The zero-order valence-corrected chi connectivity index (χ0v) is 10.3. The highest BCUT2D eigenvalue weighted by molar-refractivity contribution is 5.23. The van der Waals surface area contributed by atoms with Crippen LogP contribution in [-0.2, 0) is 6.54 Å². The van der Waals surface area contributed by atoms with Crippen LogP contribution in [0.1, 0.15) is 20.8 Å². The fourth-order valence-corrected chi connectivity index (χ4v) is 1.64. The van der Waals surface area contributed by atoms with Crippen LogP contribution >= 0.6 is 0 Å². The van der Waals surface area contributed by atoms with Crippen molar-refractivity contribution in [2.75, 3.05) is 25.4 Å². The maximum Gasteiger partial charge on any atom is 0.145 e. The topological polar surface area (TPSA) is 67.3 Å². The minimum absolute atomic E-state index is 0.547. The summed E-state index contributed by atoms with van der Waals surface area (Å²) in [7, 11) is 0. The predicted octanol–water partition coefficient (Wildman–Crippen LogP) is 0.558. The summed E-state index contributed by atoms with van der Waals surface area (Å²) in [4.78, 5) is 2.19. The summed E-state index contributed by atoms with van der Waals surface area (Å²) < 4.78 is 1.82. The number of likely N-dealkylation sites (N-methyl/N-ethyl adjacent to an activating group) is 1. The maximum absolute atomic E-state index is 9.74. The smallest absolute Gasteiger partial charge is 0.145 e. The molecule has 0 radical (unpaired) electrons. The van der Waals surface area contributed by atoms with Gasteiger partial charge in [0, 0.05) is 19.3 Å². The summed E-state index contributed by atoms with van der Waals surface area (Å²) in [5.74, 6) is 0.547. The second-order valence-electron chi connectivity index (χ2n) is 4.68. The molecule has 1 aromatic rings. The van der Waals surface area contributed by atoms with E-state index in [4.69, 9.17) is 5.73 Å². The molecule has 0 aliphatic carbocycles. The van der Waals surface area contributed by atoms with E-state index >= 15 is 0 Å². The van der Waals surface area contributed by atoms with Crippen molar-refractivity contribution in [1.29, 1.82) is 0 Å². The van der Waals surface area contributed by atoms with Crippen molar-refractivity contribution in [1.82, 2.24) is 14.7 Å². The second kappa shape index (κ2) is 5.32. The molecular weight excluding hydrogens is 204 g/mol. The Balaban J connectivity index is 2.40. The number of nitrogens with zero attached hydrogens (tertiary/aromatic N) is 3. The first-order valence-electron chi connectivity index (χ1n) is 5.64. The number of nitrogens with two attached hydrogens (primary N) is 1. The Labute approximate surface area is 96.9 Å². The largest absolute Gasteiger partial charge is 0.389 e. The lowest BCUT2D eigenvalue weighted by atomic mass is 10.1. The Kier molecular flexibility index (Phi) is 4.32. The van der Waals surface area contributed by atoms with Crippen molar-refractivity contribution < 1.29 is 5.11 Å². The first-order valence-corrected chi connectivity index (χ1v) is 5.64. The van der Waals surface area contributed by atoms with Crippen molar-refractivity contribution in [3.05, 3.63) is 12.3 Å². The Morgan fingerprint density at radius 2 is 2.25 bits per heavy atom. The van der Waals surface area contributed by atoms with Crippen molar-refractivity contribution >= 4 is 5.82 Å². The Bertz CT molecular complexity index is 316. The molecule has 1 aromatic heterocycles. The average molecular weight is 226 g/mol. The summed E-state index contributed by atoms with van der Waals surface area (Å²) in [5.41, 5.74) is 4.88. The Morgan fingerprint density at radius 3 is 2.69 bits per heavy atom. The average Bonchev–Trinajstić information content (AvgIpc) is 2.57. The molecule has 1 rings (SSSR count). The number of rotatable bonds is 6. The van der Waals surface area contributed by atoms with Crippen LogP contribution in [0, 0.1) is 0 Å². The highest BCUT2D eigenvalue weighted by Gasteiger charge is 2.16. The highest BCUT2D eigenvalue weighted by atomic mass is 16.3. The summed E-state index contributed by atoms with van der Waals surface area (Å²) >= 11 is 0. The van der Waals surface area contributed by atoms with Crippen LogP contribution < -0.4 is 5.73 Å². The minimum atomic E-state index is -0.654. The summed E-state index contributed by atoms with van der Waals surface area (Å²) in [6.07, 6.45) is 1.87. The monoisotopic (exact) mass is 226 g/mol. The van der Waals surface area contributed by atoms with Crippen LogP contribution in [0.4, 0.5) is 5.82 Å². The third-order valence-corrected chi connectivity index (χ3v) is 2.36. The molecule has 0 atom stereocenters. The van der Waals surface area contributed by atoms with Gasteiger partial charge in [-0.05, 0) is 26.5 Å². The molecule has 0 unspecified atom stereocenters. The second-order valence-corrected chi connectivity index (χ2v) is 4.68. The molecule has 0 aliphatic rings. The molecule has 0 saturated carbocycles. The van der Waals surface area contributed by atoms with E-state index in [0.717, 1.165) is 19.6 Å². The number of hydrogen-bond acceptors (Lipinski definition) is 4. The van der Waals surface area contributed by atoms with E-state index in [-0.39, 0.29) is 0 Å². The Hall–Kier alpha value is -1.07. The molecule has 5 nitrogen and oxygen atoms in total. The maximum atomic E-state index is 9.74. The van der Waals surface area contributed by atoms with E-state index in [9.17, 15) is 5.11 Å². The first kappa shape index (κ1) is 13.0. The first-order chi connectivity index (χ1) is 7.40. The summed E-state index contributed by atoms with van der Waals surface area (Å²) in [6.45, 7) is 8.97. The fourth-order valence-electron chi connectivity index (χ4n) is 1.64. The quantitative estimate of drug-likeness (QED) is 0.743. The van der Waals surface area contributed by atoms with Crippen LogP contribution in [0.15, 0.2) is 12.3 Å². The molecule has 5 heteroatoms. The molecule has 0 bridgehead atoms. The minimum Gasteiger partial charge on any atom is -0.389 e. The molecule has 16 heavy (non-hydrogen) atoms. The van der Waals surface area contributed by atoms with Crippen LogP contribution in [0.3, 0.4) is 0 Å². The van der Waals surface area contributed by atoms with Gasteiger partial charge in [-0.3, -0.25) is 9.58 Å². The van der Waals surface area contributed by atoms with Crippen LogP contribution in [0.2, 0.25) is 0 Å². The van der Waals surface area contributed by atoms with Gasteiger partial charge in [-0.2, -0.15) is 5.10 Å². The number of nitrogen functional groups attached to an aromatic ring is 1. The number of aromatic nitrogens is 2. The predicted molar refractivity (Wildman–Crippen MR) is 65.1 cm³/mol. The third-order valence-electron chi connectivity index (χ3n) is 2.36. The van der Waals surface area contributed by atoms with Gasteiger partial charge in [-0.15, -0.1) is 0 Å². The normalized spacial score (nSPS) is 12.3. The van der Waals surface area contributed by atoms with Gasteiger partial charge in [0.2, 0.25) is 0 Å². The van der Waals surface area contributed by atoms with E-state index in [2.05, 4.69) is 16.9 Å². The van der Waals surface area contributed by atoms with E-state index in [1.165, 1.54) is 0 Å². The van der Waals surface area contributed by atoms with E-state index in [1.807, 2.05) is 24.7 Å². The molecule has 0 amide bonds. The van der Waals surface area contributed by atoms with Gasteiger partial charge in [0.05, 0.1) is 12.1 Å². The molecule has 0 fully saturated rings. The van der Waals surface area contributed by atoms with Gasteiger partial charge < -0.3 is 10.8 Å². The highest BCUT2D eigenvalue weighted by Crippen LogP contribution is 2.05. The Morgan fingerprint density at radius 1 is 1.56 bits per heavy atom. The van der Waals surface area contributed by atoms with Crippen molar-refractivity contribution in [3.8, 4) is 0 Å². The van der Waals surface area contributed by atoms with Gasteiger partial charge in [-0.25, -0.2) is 0 Å². The third kappa shape index (κ3) is 4.63. The van der Waals surface area contributed by atoms with Crippen molar-refractivity contribution in [3.63, 3.8) is 0 Å². The van der Waals surface area contributed by atoms with Gasteiger partial charge in [0.25, 0.3) is 0 Å². The molecule has 1 heterocycles. The summed E-state index contributed by atoms with van der Waals surface area (Å²) in [5, 5.41) is 13.9. The lowest BCUT2D eigenvalue weighted by Gasteiger charge is -2.27. The van der Waals surface area contributed by atoms with Gasteiger partial charge in [-0.1, -0.05) is 6.92 Å². The molecule has 0 aromatic carbocycles. The van der Waals surface area contributed by atoms with E-state index in [0.29, 0.717) is 12.4 Å². The molecule has 0 spiro atoms. The zero-order valence-electron chi connectivity index (χ0n) is 10.3. The van der Waals surface area contributed by atoms with Gasteiger partial charge >= 0.3 is 0 Å². The molecule has 0 saturated heterocycles. The standard InChI is InChI=1S/C11H22N4O/c1-4-14(9-11(2,3)16)7-8-15-6-5-10(12)13-15/h5-6,16H,4,7-9H2,1-3H3,(H2,12,13). The molecule has 0 aliphatic heterocycles. The van der Waals surface area contributed by atoms with Gasteiger partial charge in [0.1, 0.15) is 5.82 Å².